The fourth-order valence-corrected chi connectivity index (χ4v) is 2.15. The van der Waals surface area contributed by atoms with Crippen LogP contribution in [0.2, 0.25) is 0 Å². The molecule has 1 saturated heterocycles. The number of nitrogens with one attached hydrogen (secondary N) is 1. The van der Waals surface area contributed by atoms with Crippen LogP contribution in [0.1, 0.15) is 20.3 Å². The van der Waals surface area contributed by atoms with Crippen LogP contribution in [0.15, 0.2) is 0 Å². The predicted octanol–water partition coefficient (Wildman–Crippen LogP) is 1.87. The molecule has 0 spiro atoms. The van der Waals surface area contributed by atoms with E-state index in [1.165, 1.54) is 0 Å². The van der Waals surface area contributed by atoms with Crippen molar-refractivity contribution >= 4 is 0 Å². The monoisotopic (exact) mass is 224 g/mol. The van der Waals surface area contributed by atoms with Crippen molar-refractivity contribution in [3.63, 3.8) is 0 Å². The second-order valence-corrected chi connectivity index (χ2v) is 4.48. The summed E-state index contributed by atoms with van der Waals surface area (Å²) in [5, 5.41) is 2.42. The molecule has 0 bridgehead atoms. The molecule has 0 aromatic carbocycles. The van der Waals surface area contributed by atoms with Gasteiger partial charge in [-0.3, -0.25) is 4.90 Å². The average molecular weight is 224 g/mol. The van der Waals surface area contributed by atoms with Crippen LogP contribution >= 0.6 is 0 Å². The van der Waals surface area contributed by atoms with Crippen molar-refractivity contribution < 1.29 is 13.2 Å². The molecule has 1 heterocycles. The van der Waals surface area contributed by atoms with Gasteiger partial charge in [0.2, 0.25) is 0 Å². The minimum absolute atomic E-state index is 0.413. The molecule has 1 rings (SSSR count). The van der Waals surface area contributed by atoms with Crippen molar-refractivity contribution in [1.82, 2.24) is 10.2 Å². The SMILES string of the molecule is CC1CC(C)N(CCNCC(F)(F)F)C1. The number of nitrogens with zero attached hydrogens (tertiary/aromatic N) is 1. The van der Waals surface area contributed by atoms with Crippen molar-refractivity contribution in [3.8, 4) is 0 Å². The first-order chi connectivity index (χ1) is 6.88. The molecule has 0 saturated carbocycles. The summed E-state index contributed by atoms with van der Waals surface area (Å²) in [7, 11) is 0. The molecule has 1 aliphatic heterocycles. The van der Waals surface area contributed by atoms with Crippen LogP contribution in [-0.2, 0) is 0 Å². The van der Waals surface area contributed by atoms with E-state index in [9.17, 15) is 13.2 Å². The first-order valence-electron chi connectivity index (χ1n) is 5.40. The smallest absolute Gasteiger partial charge is 0.307 e. The van der Waals surface area contributed by atoms with Crippen molar-refractivity contribution in [3.05, 3.63) is 0 Å². The van der Waals surface area contributed by atoms with E-state index in [2.05, 4.69) is 24.1 Å². The van der Waals surface area contributed by atoms with Crippen LogP contribution in [0.3, 0.4) is 0 Å². The summed E-state index contributed by atoms with van der Waals surface area (Å²) in [5.41, 5.74) is 0. The Hall–Kier alpha value is -0.290. The first kappa shape index (κ1) is 12.8. The Labute approximate surface area is 88.8 Å². The van der Waals surface area contributed by atoms with E-state index in [1.54, 1.807) is 0 Å². The summed E-state index contributed by atoms with van der Waals surface area (Å²) in [6, 6.07) is 0.507. The Kier molecular flexibility index (Phi) is 4.40. The Morgan fingerprint density at radius 1 is 1.33 bits per heavy atom. The Morgan fingerprint density at radius 3 is 2.47 bits per heavy atom. The zero-order chi connectivity index (χ0) is 11.5. The van der Waals surface area contributed by atoms with Gasteiger partial charge < -0.3 is 5.32 Å². The molecule has 5 heteroatoms. The minimum atomic E-state index is -4.09. The van der Waals surface area contributed by atoms with Crippen molar-refractivity contribution in [2.75, 3.05) is 26.2 Å². The van der Waals surface area contributed by atoms with Gasteiger partial charge in [0, 0.05) is 25.7 Å². The third kappa shape index (κ3) is 4.84. The van der Waals surface area contributed by atoms with Crippen LogP contribution in [0.4, 0.5) is 13.2 Å². The highest BCUT2D eigenvalue weighted by Crippen LogP contribution is 2.21. The van der Waals surface area contributed by atoms with Gasteiger partial charge in [-0.15, -0.1) is 0 Å². The summed E-state index contributed by atoms with van der Waals surface area (Å²) in [5.74, 6) is 0.669. The number of alkyl halides is 3. The van der Waals surface area contributed by atoms with Crippen LogP contribution < -0.4 is 5.32 Å². The van der Waals surface area contributed by atoms with Gasteiger partial charge in [0.05, 0.1) is 6.54 Å². The quantitative estimate of drug-likeness (QED) is 0.733. The van der Waals surface area contributed by atoms with Gasteiger partial charge in [-0.2, -0.15) is 13.2 Å². The van der Waals surface area contributed by atoms with Gasteiger partial charge in [-0.05, 0) is 19.3 Å². The normalized spacial score (nSPS) is 28.6. The summed E-state index contributed by atoms with van der Waals surface area (Å²) >= 11 is 0. The van der Waals surface area contributed by atoms with E-state index in [1.807, 2.05) is 0 Å². The van der Waals surface area contributed by atoms with E-state index in [4.69, 9.17) is 0 Å². The van der Waals surface area contributed by atoms with E-state index >= 15 is 0 Å². The molecule has 0 aromatic rings. The van der Waals surface area contributed by atoms with Crippen molar-refractivity contribution in [2.24, 2.45) is 5.92 Å². The first-order valence-corrected chi connectivity index (χ1v) is 5.40. The number of halogens is 3. The molecule has 1 N–H and O–H groups in total. The molecule has 1 aliphatic rings. The number of rotatable bonds is 4. The van der Waals surface area contributed by atoms with Gasteiger partial charge in [0.1, 0.15) is 0 Å². The van der Waals surface area contributed by atoms with Crippen molar-refractivity contribution in [2.45, 2.75) is 32.5 Å². The van der Waals surface area contributed by atoms with Gasteiger partial charge in [0.15, 0.2) is 0 Å². The van der Waals surface area contributed by atoms with E-state index in [0.717, 1.165) is 13.0 Å². The maximum Gasteiger partial charge on any atom is 0.401 e. The van der Waals surface area contributed by atoms with E-state index in [-0.39, 0.29) is 0 Å². The summed E-state index contributed by atoms with van der Waals surface area (Å²) in [4.78, 5) is 2.24. The molecular formula is C10H19F3N2. The molecule has 2 atom stereocenters. The molecule has 90 valence electrons. The maximum atomic E-state index is 11.8. The van der Waals surface area contributed by atoms with Gasteiger partial charge in [-0.25, -0.2) is 0 Å². The van der Waals surface area contributed by atoms with Crippen LogP contribution in [0.5, 0.6) is 0 Å². The topological polar surface area (TPSA) is 15.3 Å². The Balaban J connectivity index is 2.10. The second kappa shape index (κ2) is 5.16. The lowest BCUT2D eigenvalue weighted by Gasteiger charge is -2.21. The molecule has 1 fully saturated rings. The molecule has 0 aliphatic carbocycles. The third-order valence-corrected chi connectivity index (χ3v) is 2.81. The van der Waals surface area contributed by atoms with Crippen molar-refractivity contribution in [1.29, 1.82) is 0 Å². The van der Waals surface area contributed by atoms with Crippen LogP contribution in [0, 0.1) is 5.92 Å². The minimum Gasteiger partial charge on any atom is -0.307 e. The Morgan fingerprint density at radius 2 is 2.00 bits per heavy atom. The van der Waals surface area contributed by atoms with E-state index in [0.29, 0.717) is 25.0 Å². The number of hydrogen-bond donors (Lipinski definition) is 1. The molecule has 2 unspecified atom stereocenters. The second-order valence-electron chi connectivity index (χ2n) is 4.48. The van der Waals surface area contributed by atoms with Gasteiger partial charge >= 0.3 is 6.18 Å². The van der Waals surface area contributed by atoms with Gasteiger partial charge in [0.25, 0.3) is 0 Å². The molecule has 0 amide bonds. The number of hydrogen-bond acceptors (Lipinski definition) is 2. The average Bonchev–Trinajstić information content (AvgIpc) is 2.37. The van der Waals surface area contributed by atoms with Gasteiger partial charge in [-0.1, -0.05) is 6.92 Å². The fourth-order valence-electron chi connectivity index (χ4n) is 2.15. The van der Waals surface area contributed by atoms with Crippen LogP contribution in [-0.4, -0.2) is 43.3 Å². The van der Waals surface area contributed by atoms with Crippen LogP contribution in [0.25, 0.3) is 0 Å². The lowest BCUT2D eigenvalue weighted by Crippen LogP contribution is -2.37. The largest absolute Gasteiger partial charge is 0.401 e. The highest BCUT2D eigenvalue weighted by Gasteiger charge is 2.27. The number of likely N-dealkylation sites (tertiary alicyclic amines) is 1. The predicted molar refractivity (Wildman–Crippen MR) is 53.7 cm³/mol. The molecule has 15 heavy (non-hydrogen) atoms. The highest BCUT2D eigenvalue weighted by atomic mass is 19.4. The fraction of sp³-hybridized carbons (Fsp3) is 1.00. The standard InChI is InChI=1S/C10H19F3N2/c1-8-5-9(2)15(6-8)4-3-14-7-10(11,12)13/h8-9,14H,3-7H2,1-2H3. The van der Waals surface area contributed by atoms with E-state index < -0.39 is 12.7 Å². The Bertz CT molecular complexity index is 194. The summed E-state index contributed by atoms with van der Waals surface area (Å²) < 4.78 is 35.5. The zero-order valence-electron chi connectivity index (χ0n) is 9.27. The lowest BCUT2D eigenvalue weighted by atomic mass is 10.1. The zero-order valence-corrected chi connectivity index (χ0v) is 9.27. The lowest BCUT2D eigenvalue weighted by molar-refractivity contribution is -0.124. The molecular weight excluding hydrogens is 205 g/mol. The molecule has 0 aromatic heterocycles. The summed E-state index contributed by atoms with van der Waals surface area (Å²) in [6.45, 7) is 5.56. The molecule has 0 radical (unpaired) electrons. The third-order valence-electron chi connectivity index (χ3n) is 2.81. The highest BCUT2D eigenvalue weighted by molar-refractivity contribution is 4.80. The summed E-state index contributed by atoms with van der Waals surface area (Å²) in [6.07, 6.45) is -2.94. The maximum absolute atomic E-state index is 11.8. The molecule has 2 nitrogen and oxygen atoms in total.